The highest BCUT2D eigenvalue weighted by molar-refractivity contribution is 7.22. The van der Waals surface area contributed by atoms with Crippen molar-refractivity contribution in [2.75, 3.05) is 37.7 Å². The minimum atomic E-state index is -0.139. The van der Waals surface area contributed by atoms with E-state index < -0.39 is 0 Å². The molecule has 29 heavy (non-hydrogen) atoms. The van der Waals surface area contributed by atoms with E-state index in [9.17, 15) is 4.79 Å². The zero-order valence-electron chi connectivity index (χ0n) is 17.0. The van der Waals surface area contributed by atoms with E-state index >= 15 is 0 Å². The average molecular weight is 432 g/mol. The van der Waals surface area contributed by atoms with Crippen LogP contribution in [0.3, 0.4) is 0 Å². The highest BCUT2D eigenvalue weighted by Crippen LogP contribution is 2.35. The van der Waals surface area contributed by atoms with Crippen molar-refractivity contribution in [3.05, 3.63) is 53.1 Å². The first-order valence-electron chi connectivity index (χ1n) is 9.90. The van der Waals surface area contributed by atoms with Gasteiger partial charge in [-0.25, -0.2) is 4.98 Å². The molecule has 0 unspecified atom stereocenters. The second-order valence-corrected chi connectivity index (χ2v) is 7.91. The Morgan fingerprint density at radius 1 is 1.07 bits per heavy atom. The summed E-state index contributed by atoms with van der Waals surface area (Å²) in [6.45, 7) is 9.91. The maximum atomic E-state index is 13.4. The smallest absolute Gasteiger partial charge is 0.261 e. The van der Waals surface area contributed by atoms with Crippen LogP contribution < -0.4 is 9.64 Å². The number of nitrogens with zero attached hydrogens (tertiary/aromatic N) is 3. The fourth-order valence-electron chi connectivity index (χ4n) is 3.14. The summed E-state index contributed by atoms with van der Waals surface area (Å²) in [5, 5.41) is 1.10. The second-order valence-electron chi connectivity index (χ2n) is 6.50. The lowest BCUT2D eigenvalue weighted by atomic mass is 10.2. The number of carbonyl (C=O) groups excluding carboxylic acids is 1. The molecule has 2 aromatic carbocycles. The number of benzene rings is 2. The summed E-state index contributed by atoms with van der Waals surface area (Å²) >= 11 is 7.81. The van der Waals surface area contributed by atoms with E-state index in [-0.39, 0.29) is 5.91 Å². The molecule has 1 amide bonds. The molecule has 1 aromatic heterocycles. The van der Waals surface area contributed by atoms with Gasteiger partial charge in [0.25, 0.3) is 5.91 Å². The monoisotopic (exact) mass is 431 g/mol. The van der Waals surface area contributed by atoms with Crippen molar-refractivity contribution in [2.24, 2.45) is 0 Å². The molecule has 0 radical (unpaired) electrons. The van der Waals surface area contributed by atoms with Gasteiger partial charge in [-0.1, -0.05) is 55.0 Å². The fourth-order valence-corrected chi connectivity index (χ4v) is 4.37. The van der Waals surface area contributed by atoms with E-state index in [1.165, 1.54) is 11.3 Å². The van der Waals surface area contributed by atoms with Crippen molar-refractivity contribution < 1.29 is 9.53 Å². The Bertz CT molecular complexity index is 972. The number of para-hydroxylation sites is 1. The van der Waals surface area contributed by atoms with E-state index in [2.05, 4.69) is 18.7 Å². The zero-order chi connectivity index (χ0) is 20.8. The van der Waals surface area contributed by atoms with Gasteiger partial charge in [0, 0.05) is 13.1 Å². The van der Waals surface area contributed by atoms with Crippen molar-refractivity contribution in [1.82, 2.24) is 9.88 Å². The molecule has 0 aliphatic carbocycles. The third-order valence-electron chi connectivity index (χ3n) is 4.79. The van der Waals surface area contributed by atoms with Gasteiger partial charge >= 0.3 is 0 Å². The van der Waals surface area contributed by atoms with Crippen LogP contribution in [0.2, 0.25) is 5.02 Å². The molecule has 0 atom stereocenters. The van der Waals surface area contributed by atoms with E-state index in [1.54, 1.807) is 17.0 Å². The van der Waals surface area contributed by atoms with E-state index in [0.717, 1.165) is 35.6 Å². The molecule has 0 fully saturated rings. The minimum Gasteiger partial charge on any atom is -0.492 e. The third kappa shape index (κ3) is 4.89. The van der Waals surface area contributed by atoms with Gasteiger partial charge in [-0.3, -0.25) is 9.69 Å². The number of fused-ring (bicyclic) bond motifs is 1. The summed E-state index contributed by atoms with van der Waals surface area (Å²) in [7, 11) is 0. The van der Waals surface area contributed by atoms with Crippen LogP contribution in [0.5, 0.6) is 5.75 Å². The van der Waals surface area contributed by atoms with Crippen LogP contribution in [0, 0.1) is 0 Å². The molecule has 7 heteroatoms. The van der Waals surface area contributed by atoms with E-state index in [0.29, 0.717) is 28.9 Å². The molecule has 0 bridgehead atoms. The van der Waals surface area contributed by atoms with Gasteiger partial charge in [0.15, 0.2) is 5.13 Å². The molecule has 0 saturated heterocycles. The largest absolute Gasteiger partial charge is 0.492 e. The third-order valence-corrected chi connectivity index (χ3v) is 6.16. The molecule has 0 aliphatic rings. The number of ether oxygens (including phenoxy) is 1. The van der Waals surface area contributed by atoms with Crippen molar-refractivity contribution in [2.45, 2.75) is 20.8 Å². The van der Waals surface area contributed by atoms with Crippen LogP contribution in [0.15, 0.2) is 42.5 Å². The van der Waals surface area contributed by atoms with Gasteiger partial charge in [-0.15, -0.1) is 0 Å². The van der Waals surface area contributed by atoms with Crippen molar-refractivity contribution in [1.29, 1.82) is 0 Å². The predicted molar refractivity (Wildman–Crippen MR) is 122 cm³/mol. The van der Waals surface area contributed by atoms with Gasteiger partial charge in [0.2, 0.25) is 0 Å². The Balaban J connectivity index is 2.00. The number of hydrogen-bond donors (Lipinski definition) is 0. The first kappa shape index (κ1) is 21.6. The van der Waals surface area contributed by atoms with Crippen LogP contribution in [-0.4, -0.2) is 48.6 Å². The van der Waals surface area contributed by atoms with Gasteiger partial charge in [0.05, 0.1) is 21.9 Å². The molecule has 0 N–H and O–H groups in total. The quantitative estimate of drug-likeness (QED) is 0.459. The summed E-state index contributed by atoms with van der Waals surface area (Å²) in [5.74, 6) is 0.598. The number of anilines is 1. The maximum absolute atomic E-state index is 13.4. The molecular weight excluding hydrogens is 406 g/mol. The van der Waals surface area contributed by atoms with Crippen molar-refractivity contribution in [3.8, 4) is 5.75 Å². The van der Waals surface area contributed by atoms with Crippen LogP contribution in [-0.2, 0) is 0 Å². The van der Waals surface area contributed by atoms with Crippen molar-refractivity contribution in [3.63, 3.8) is 0 Å². The minimum absolute atomic E-state index is 0.139. The lowest BCUT2D eigenvalue weighted by molar-refractivity contribution is 0.0984. The maximum Gasteiger partial charge on any atom is 0.261 e. The summed E-state index contributed by atoms with van der Waals surface area (Å²) in [5.41, 5.74) is 1.27. The van der Waals surface area contributed by atoms with Crippen LogP contribution in [0.1, 0.15) is 31.1 Å². The van der Waals surface area contributed by atoms with E-state index in [1.807, 2.05) is 37.3 Å². The Kier molecular flexibility index (Phi) is 7.47. The number of halogens is 1. The standard InChI is InChI=1S/C22H26ClN3O2S/c1-4-25(5-2)14-15-26(21(27)16-10-7-8-11-17(16)23)22-24-20-18(28-6-3)12-9-13-19(20)29-22/h7-13H,4-6,14-15H2,1-3H3. The van der Waals surface area contributed by atoms with Gasteiger partial charge in [-0.2, -0.15) is 0 Å². The lowest BCUT2D eigenvalue weighted by Gasteiger charge is -2.25. The molecule has 3 rings (SSSR count). The molecule has 154 valence electrons. The first-order valence-corrected chi connectivity index (χ1v) is 11.1. The number of rotatable bonds is 9. The fraction of sp³-hybridized carbons (Fsp3) is 0.364. The Labute approximate surface area is 180 Å². The normalized spacial score (nSPS) is 11.2. The number of amides is 1. The van der Waals surface area contributed by atoms with Crippen LogP contribution in [0.25, 0.3) is 10.2 Å². The highest BCUT2D eigenvalue weighted by Gasteiger charge is 2.24. The average Bonchev–Trinajstić information content (AvgIpc) is 3.16. The summed E-state index contributed by atoms with van der Waals surface area (Å²) in [6.07, 6.45) is 0. The number of hydrogen-bond acceptors (Lipinski definition) is 5. The zero-order valence-corrected chi connectivity index (χ0v) is 18.6. The number of aromatic nitrogens is 1. The first-order chi connectivity index (χ1) is 14.1. The lowest BCUT2D eigenvalue weighted by Crippen LogP contribution is -2.39. The Hall–Kier alpha value is -2.15. The second kappa shape index (κ2) is 10.1. The van der Waals surface area contributed by atoms with Gasteiger partial charge < -0.3 is 9.64 Å². The summed E-state index contributed by atoms with van der Waals surface area (Å²) in [4.78, 5) is 22.2. The highest BCUT2D eigenvalue weighted by atomic mass is 35.5. The summed E-state index contributed by atoms with van der Waals surface area (Å²) in [6, 6.07) is 13.0. The molecule has 3 aromatic rings. The molecule has 0 saturated carbocycles. The molecular formula is C22H26ClN3O2S. The van der Waals surface area contributed by atoms with Crippen LogP contribution in [0.4, 0.5) is 5.13 Å². The van der Waals surface area contributed by atoms with Gasteiger partial charge in [0.1, 0.15) is 11.3 Å². The number of carbonyl (C=O) groups is 1. The molecule has 1 heterocycles. The molecule has 5 nitrogen and oxygen atoms in total. The SMILES string of the molecule is CCOc1cccc2sc(N(CCN(CC)CC)C(=O)c3ccccc3Cl)nc12. The number of thiazole rings is 1. The molecule has 0 spiro atoms. The number of likely N-dealkylation sites (N-methyl/N-ethyl adjacent to an activating group) is 1. The Morgan fingerprint density at radius 2 is 1.83 bits per heavy atom. The molecule has 0 aliphatic heterocycles. The van der Waals surface area contributed by atoms with E-state index in [4.69, 9.17) is 21.3 Å². The Morgan fingerprint density at radius 3 is 2.52 bits per heavy atom. The predicted octanol–water partition coefficient (Wildman–Crippen LogP) is 5.34. The topological polar surface area (TPSA) is 45.7 Å². The van der Waals surface area contributed by atoms with Gasteiger partial charge in [-0.05, 0) is 44.3 Å². The van der Waals surface area contributed by atoms with Crippen molar-refractivity contribution >= 4 is 44.2 Å². The van der Waals surface area contributed by atoms with Crippen LogP contribution >= 0.6 is 22.9 Å². The summed E-state index contributed by atoms with van der Waals surface area (Å²) < 4.78 is 6.71.